The number of amides is 2. The Morgan fingerprint density at radius 3 is 2.64 bits per heavy atom. The van der Waals surface area contributed by atoms with Crippen LogP contribution in [0.25, 0.3) is 0 Å². The van der Waals surface area contributed by atoms with E-state index in [1.807, 2.05) is 30.3 Å². The molecule has 0 bridgehead atoms. The molecule has 0 saturated carbocycles. The quantitative estimate of drug-likeness (QED) is 0.590. The van der Waals surface area contributed by atoms with E-state index >= 15 is 0 Å². The maximum atomic E-state index is 10.5. The minimum absolute atomic E-state index is 0.545. The predicted molar refractivity (Wildman–Crippen MR) is 60.6 cm³/mol. The van der Waals surface area contributed by atoms with Crippen LogP contribution in [0, 0.1) is 0 Å². The normalized spacial score (nSPS) is 9.43. The Kier molecular flexibility index (Phi) is 4.07. The van der Waals surface area contributed by atoms with Crippen molar-refractivity contribution in [1.29, 1.82) is 0 Å². The Balaban J connectivity index is 2.58. The fourth-order valence-corrected chi connectivity index (χ4v) is 1.57. The van der Waals surface area contributed by atoms with Crippen LogP contribution in [0.3, 0.4) is 0 Å². The molecule has 1 rings (SSSR count). The van der Waals surface area contributed by atoms with Gasteiger partial charge in [-0.1, -0.05) is 6.08 Å². The number of carbonyl (C=O) groups is 1. The van der Waals surface area contributed by atoms with Gasteiger partial charge in [0.25, 0.3) is 0 Å². The van der Waals surface area contributed by atoms with E-state index in [-0.39, 0.29) is 0 Å². The largest absolute Gasteiger partial charge is 0.351 e. The Morgan fingerprint density at radius 2 is 2.14 bits per heavy atom. The zero-order valence-electron chi connectivity index (χ0n) is 7.69. The third-order valence-corrected chi connectivity index (χ3v) is 2.50. The number of rotatable bonds is 4. The third kappa shape index (κ3) is 3.53. The van der Waals surface area contributed by atoms with E-state index in [1.165, 1.54) is 0 Å². The Morgan fingerprint density at radius 1 is 1.50 bits per heavy atom. The van der Waals surface area contributed by atoms with Crippen LogP contribution in [0.4, 0.5) is 10.5 Å². The molecule has 0 heterocycles. The Labute approximate surface area is 87.4 Å². The second-order valence-electron chi connectivity index (χ2n) is 2.61. The highest BCUT2D eigenvalue weighted by Gasteiger charge is 1.96. The summed E-state index contributed by atoms with van der Waals surface area (Å²) in [4.78, 5) is 11.7. The van der Waals surface area contributed by atoms with E-state index in [4.69, 9.17) is 5.73 Å². The summed E-state index contributed by atoms with van der Waals surface area (Å²) in [6.07, 6.45) is 1.85. The van der Waals surface area contributed by atoms with Crippen molar-refractivity contribution in [2.24, 2.45) is 5.73 Å². The Hall–Kier alpha value is -1.42. The van der Waals surface area contributed by atoms with E-state index < -0.39 is 6.03 Å². The average Bonchev–Trinajstić information content (AvgIpc) is 2.16. The van der Waals surface area contributed by atoms with Crippen LogP contribution >= 0.6 is 11.8 Å². The molecule has 74 valence electrons. The highest BCUT2D eigenvalue weighted by molar-refractivity contribution is 7.99. The van der Waals surface area contributed by atoms with E-state index in [0.717, 1.165) is 10.6 Å². The highest BCUT2D eigenvalue weighted by atomic mass is 32.2. The van der Waals surface area contributed by atoms with Gasteiger partial charge in [-0.15, -0.1) is 18.3 Å². The fraction of sp³-hybridized carbons (Fsp3) is 0.100. The molecule has 3 nitrogen and oxygen atoms in total. The van der Waals surface area contributed by atoms with Crippen molar-refractivity contribution >= 4 is 23.5 Å². The first-order valence-electron chi connectivity index (χ1n) is 4.12. The van der Waals surface area contributed by atoms with E-state index in [9.17, 15) is 4.79 Å². The van der Waals surface area contributed by atoms with Crippen molar-refractivity contribution in [3.63, 3.8) is 0 Å². The molecule has 0 aliphatic rings. The first kappa shape index (κ1) is 10.7. The number of urea groups is 1. The third-order valence-electron chi connectivity index (χ3n) is 1.49. The molecule has 0 radical (unpaired) electrons. The van der Waals surface area contributed by atoms with Crippen LogP contribution in [-0.2, 0) is 0 Å². The van der Waals surface area contributed by atoms with E-state index in [2.05, 4.69) is 11.9 Å². The molecule has 2 amide bonds. The SMILES string of the molecule is C=CCSc1ccc(NC(N)=O)cc1. The molecule has 0 aliphatic carbocycles. The summed E-state index contributed by atoms with van der Waals surface area (Å²) in [6, 6.07) is 6.95. The zero-order chi connectivity index (χ0) is 10.4. The first-order valence-corrected chi connectivity index (χ1v) is 5.11. The molecular formula is C10H12N2OS. The molecule has 3 N–H and O–H groups in total. The van der Waals surface area contributed by atoms with E-state index in [1.54, 1.807) is 11.8 Å². The Bertz CT molecular complexity index is 321. The maximum Gasteiger partial charge on any atom is 0.316 e. The molecule has 4 heteroatoms. The topological polar surface area (TPSA) is 55.1 Å². The minimum Gasteiger partial charge on any atom is -0.351 e. The number of benzene rings is 1. The van der Waals surface area contributed by atoms with Gasteiger partial charge in [0.05, 0.1) is 0 Å². The number of nitrogens with one attached hydrogen (secondary N) is 1. The van der Waals surface area contributed by atoms with Gasteiger partial charge in [0.1, 0.15) is 0 Å². The number of primary amides is 1. The van der Waals surface area contributed by atoms with Crippen LogP contribution in [0.5, 0.6) is 0 Å². The number of hydrogen-bond acceptors (Lipinski definition) is 2. The molecule has 14 heavy (non-hydrogen) atoms. The van der Waals surface area contributed by atoms with Crippen molar-refractivity contribution in [3.05, 3.63) is 36.9 Å². The number of carbonyl (C=O) groups excluding carboxylic acids is 1. The molecule has 0 spiro atoms. The zero-order valence-corrected chi connectivity index (χ0v) is 8.51. The number of hydrogen-bond donors (Lipinski definition) is 2. The lowest BCUT2D eigenvalue weighted by Crippen LogP contribution is -2.19. The van der Waals surface area contributed by atoms with Gasteiger partial charge >= 0.3 is 6.03 Å². The molecule has 0 unspecified atom stereocenters. The summed E-state index contributed by atoms with van der Waals surface area (Å²) in [5.41, 5.74) is 5.68. The lowest BCUT2D eigenvalue weighted by molar-refractivity contribution is 0.259. The summed E-state index contributed by atoms with van der Waals surface area (Å²) >= 11 is 1.69. The molecule has 0 aromatic heterocycles. The van der Waals surface area contributed by atoms with Gasteiger partial charge in [0.15, 0.2) is 0 Å². The van der Waals surface area contributed by atoms with Crippen molar-refractivity contribution in [2.45, 2.75) is 4.90 Å². The summed E-state index contributed by atoms with van der Waals surface area (Å²) in [6.45, 7) is 3.64. The summed E-state index contributed by atoms with van der Waals surface area (Å²) in [5, 5.41) is 2.50. The summed E-state index contributed by atoms with van der Waals surface area (Å²) in [7, 11) is 0. The number of thioether (sulfide) groups is 1. The van der Waals surface area contributed by atoms with Crippen molar-refractivity contribution in [3.8, 4) is 0 Å². The van der Waals surface area contributed by atoms with Gasteiger partial charge in [-0.05, 0) is 24.3 Å². The van der Waals surface area contributed by atoms with Gasteiger partial charge < -0.3 is 11.1 Å². The van der Waals surface area contributed by atoms with Crippen molar-refractivity contribution in [1.82, 2.24) is 0 Å². The molecule has 0 aliphatic heterocycles. The van der Waals surface area contributed by atoms with Gasteiger partial charge in [-0.25, -0.2) is 4.79 Å². The monoisotopic (exact) mass is 208 g/mol. The van der Waals surface area contributed by atoms with Crippen LogP contribution in [0.15, 0.2) is 41.8 Å². The van der Waals surface area contributed by atoms with Gasteiger partial charge in [-0.2, -0.15) is 0 Å². The fourth-order valence-electron chi connectivity index (χ4n) is 0.932. The molecule has 1 aromatic carbocycles. The second kappa shape index (κ2) is 5.34. The van der Waals surface area contributed by atoms with Crippen LogP contribution < -0.4 is 11.1 Å². The predicted octanol–water partition coefficient (Wildman–Crippen LogP) is 2.46. The summed E-state index contributed by atoms with van der Waals surface area (Å²) < 4.78 is 0. The van der Waals surface area contributed by atoms with Gasteiger partial charge in [-0.3, -0.25) is 0 Å². The van der Waals surface area contributed by atoms with Crippen LogP contribution in [0.2, 0.25) is 0 Å². The standard InChI is InChI=1S/C10H12N2OS/c1-2-7-14-9-5-3-8(4-6-9)12-10(11)13/h2-6H,1,7H2,(H3,11,12,13). The first-order chi connectivity index (χ1) is 6.72. The van der Waals surface area contributed by atoms with E-state index in [0.29, 0.717) is 5.69 Å². The molecule has 1 aromatic rings. The second-order valence-corrected chi connectivity index (χ2v) is 3.71. The average molecular weight is 208 g/mol. The van der Waals surface area contributed by atoms with Crippen molar-refractivity contribution < 1.29 is 4.79 Å². The smallest absolute Gasteiger partial charge is 0.316 e. The molecular weight excluding hydrogens is 196 g/mol. The minimum atomic E-state index is -0.545. The van der Waals surface area contributed by atoms with Crippen molar-refractivity contribution in [2.75, 3.05) is 11.1 Å². The van der Waals surface area contributed by atoms with Gasteiger partial charge in [0, 0.05) is 16.3 Å². The summed E-state index contributed by atoms with van der Waals surface area (Å²) in [5.74, 6) is 0.878. The number of anilines is 1. The van der Waals surface area contributed by atoms with Gasteiger partial charge in [0.2, 0.25) is 0 Å². The maximum absolute atomic E-state index is 10.5. The van der Waals surface area contributed by atoms with Crippen LogP contribution in [-0.4, -0.2) is 11.8 Å². The molecule has 0 fully saturated rings. The molecule has 0 saturated heterocycles. The lowest BCUT2D eigenvalue weighted by Gasteiger charge is -2.02. The van der Waals surface area contributed by atoms with Crippen LogP contribution in [0.1, 0.15) is 0 Å². The molecule has 0 atom stereocenters. The highest BCUT2D eigenvalue weighted by Crippen LogP contribution is 2.19. The number of nitrogens with two attached hydrogens (primary N) is 1. The lowest BCUT2D eigenvalue weighted by atomic mass is 10.3.